The van der Waals surface area contributed by atoms with Crippen molar-refractivity contribution in [2.45, 2.75) is 0 Å². The van der Waals surface area contributed by atoms with E-state index in [4.69, 9.17) is 23.2 Å². The number of nitrogens with one attached hydrogen (secondary N) is 1. The standard InChI is InChI=1S/C16H14BrCl2N3O3S/c1-26(24,25)22(13-5-3-12(17)4-6-13)10-16(23)21-20-9-11-2-7-14(18)15(19)8-11/h2-9H,10H2,1H3,(H,21,23)/b20-9-. The summed E-state index contributed by atoms with van der Waals surface area (Å²) in [6, 6.07) is 11.4. The van der Waals surface area contributed by atoms with E-state index >= 15 is 0 Å². The van der Waals surface area contributed by atoms with Crippen LogP contribution in [0.5, 0.6) is 0 Å². The number of carbonyl (C=O) groups is 1. The summed E-state index contributed by atoms with van der Waals surface area (Å²) < 4.78 is 25.8. The Bertz CT molecular complexity index is 934. The van der Waals surface area contributed by atoms with Crippen LogP contribution in [-0.2, 0) is 14.8 Å². The average Bonchev–Trinajstić information content (AvgIpc) is 2.56. The minimum absolute atomic E-state index is 0.362. The molecule has 0 unspecified atom stereocenters. The number of amides is 1. The first kappa shape index (κ1) is 20.7. The van der Waals surface area contributed by atoms with E-state index in [2.05, 4.69) is 26.5 Å². The number of hydrogen-bond donors (Lipinski definition) is 1. The largest absolute Gasteiger partial charge is 0.271 e. The van der Waals surface area contributed by atoms with Crippen LogP contribution in [0.25, 0.3) is 0 Å². The molecule has 0 fully saturated rings. The highest BCUT2D eigenvalue weighted by atomic mass is 79.9. The van der Waals surface area contributed by atoms with Crippen molar-refractivity contribution < 1.29 is 13.2 Å². The van der Waals surface area contributed by atoms with Gasteiger partial charge in [-0.2, -0.15) is 5.10 Å². The molecule has 0 atom stereocenters. The molecule has 0 aliphatic rings. The van der Waals surface area contributed by atoms with E-state index in [1.807, 2.05) is 0 Å². The Morgan fingerprint density at radius 1 is 1.19 bits per heavy atom. The third-order valence-corrected chi connectivity index (χ3v) is 5.56. The lowest BCUT2D eigenvalue weighted by Crippen LogP contribution is -2.39. The van der Waals surface area contributed by atoms with Gasteiger partial charge in [-0.3, -0.25) is 9.10 Å². The van der Waals surface area contributed by atoms with E-state index < -0.39 is 22.5 Å². The van der Waals surface area contributed by atoms with E-state index in [0.717, 1.165) is 15.0 Å². The van der Waals surface area contributed by atoms with Crippen LogP contribution in [0.2, 0.25) is 10.0 Å². The fraction of sp³-hybridized carbons (Fsp3) is 0.125. The maximum Gasteiger partial charge on any atom is 0.260 e. The molecule has 0 radical (unpaired) electrons. The van der Waals surface area contributed by atoms with Crippen molar-refractivity contribution in [3.05, 3.63) is 62.5 Å². The van der Waals surface area contributed by atoms with Crippen LogP contribution in [0, 0.1) is 0 Å². The van der Waals surface area contributed by atoms with Gasteiger partial charge in [-0.25, -0.2) is 13.8 Å². The normalized spacial score (nSPS) is 11.5. The quantitative estimate of drug-likeness (QED) is 0.508. The molecule has 6 nitrogen and oxygen atoms in total. The van der Waals surface area contributed by atoms with Gasteiger partial charge in [-0.15, -0.1) is 0 Å². The van der Waals surface area contributed by atoms with Crippen molar-refractivity contribution in [3.63, 3.8) is 0 Å². The van der Waals surface area contributed by atoms with Crippen molar-refractivity contribution in [1.82, 2.24) is 5.43 Å². The summed E-state index contributed by atoms with van der Waals surface area (Å²) >= 11 is 15.0. The zero-order valence-corrected chi connectivity index (χ0v) is 17.4. The Kier molecular flexibility index (Phi) is 7.05. The number of carbonyl (C=O) groups excluding carboxylic acids is 1. The summed E-state index contributed by atoms with van der Waals surface area (Å²) in [7, 11) is -3.64. The van der Waals surface area contributed by atoms with Crippen LogP contribution in [0.15, 0.2) is 52.0 Å². The third kappa shape index (κ3) is 5.98. The molecule has 0 bridgehead atoms. The molecule has 2 rings (SSSR count). The molecule has 2 aromatic rings. The van der Waals surface area contributed by atoms with Gasteiger partial charge >= 0.3 is 0 Å². The predicted octanol–water partition coefficient (Wildman–Crippen LogP) is 3.67. The molecule has 0 heterocycles. The summed E-state index contributed by atoms with van der Waals surface area (Å²) in [4.78, 5) is 12.1. The van der Waals surface area contributed by atoms with E-state index in [-0.39, 0.29) is 0 Å². The highest BCUT2D eigenvalue weighted by Crippen LogP contribution is 2.22. The van der Waals surface area contributed by atoms with Crippen LogP contribution in [-0.4, -0.2) is 33.3 Å². The fourth-order valence-electron chi connectivity index (χ4n) is 1.94. The lowest BCUT2D eigenvalue weighted by molar-refractivity contribution is -0.119. The summed E-state index contributed by atoms with van der Waals surface area (Å²) in [6.45, 7) is -0.404. The monoisotopic (exact) mass is 477 g/mol. The average molecular weight is 479 g/mol. The Hall–Kier alpha value is -1.61. The molecule has 26 heavy (non-hydrogen) atoms. The number of halogens is 3. The predicted molar refractivity (Wildman–Crippen MR) is 109 cm³/mol. The molecule has 0 aliphatic carbocycles. The van der Waals surface area contributed by atoms with E-state index in [0.29, 0.717) is 21.3 Å². The Labute approximate surface area is 170 Å². The number of hydrazone groups is 1. The lowest BCUT2D eigenvalue weighted by atomic mass is 10.2. The molecule has 1 amide bonds. The molecule has 10 heteroatoms. The van der Waals surface area contributed by atoms with Gasteiger partial charge in [0, 0.05) is 4.47 Å². The van der Waals surface area contributed by atoms with Crippen molar-refractivity contribution in [3.8, 4) is 0 Å². The molecular weight excluding hydrogens is 465 g/mol. The van der Waals surface area contributed by atoms with Gasteiger partial charge in [0.1, 0.15) is 6.54 Å². The number of rotatable bonds is 6. The minimum atomic E-state index is -3.64. The van der Waals surface area contributed by atoms with Crippen molar-refractivity contribution in [1.29, 1.82) is 0 Å². The second-order valence-corrected chi connectivity index (χ2v) is 8.85. The molecule has 0 saturated heterocycles. The highest BCUT2D eigenvalue weighted by molar-refractivity contribution is 9.10. The van der Waals surface area contributed by atoms with Crippen LogP contribution in [0.4, 0.5) is 5.69 Å². The SMILES string of the molecule is CS(=O)(=O)N(CC(=O)N/N=C\c1ccc(Cl)c(Cl)c1)c1ccc(Br)cc1. The first-order valence-corrected chi connectivity index (χ1v) is 10.6. The third-order valence-electron chi connectivity index (χ3n) is 3.15. The van der Waals surface area contributed by atoms with Crippen LogP contribution < -0.4 is 9.73 Å². The van der Waals surface area contributed by atoms with Gasteiger partial charge < -0.3 is 0 Å². The molecule has 1 N–H and O–H groups in total. The number of nitrogens with zero attached hydrogens (tertiary/aromatic N) is 2. The fourth-order valence-corrected chi connectivity index (χ4v) is 3.37. The van der Waals surface area contributed by atoms with Crippen LogP contribution in [0.1, 0.15) is 5.56 Å². The minimum Gasteiger partial charge on any atom is -0.271 e. The molecular formula is C16H14BrCl2N3O3S. The van der Waals surface area contributed by atoms with Crippen molar-refractivity contribution in [2.75, 3.05) is 17.1 Å². The number of benzene rings is 2. The first-order chi connectivity index (χ1) is 12.2. The first-order valence-electron chi connectivity index (χ1n) is 7.17. The second-order valence-electron chi connectivity index (χ2n) is 5.21. The summed E-state index contributed by atoms with van der Waals surface area (Å²) in [5.41, 5.74) is 3.29. The topological polar surface area (TPSA) is 78.8 Å². The maximum absolute atomic E-state index is 12.1. The number of anilines is 1. The molecule has 138 valence electrons. The van der Waals surface area contributed by atoms with Gasteiger partial charge in [0.15, 0.2) is 0 Å². The van der Waals surface area contributed by atoms with Gasteiger partial charge in [0.05, 0.1) is 28.2 Å². The number of hydrogen-bond acceptors (Lipinski definition) is 4. The Morgan fingerprint density at radius 2 is 1.85 bits per heavy atom. The van der Waals surface area contributed by atoms with Gasteiger partial charge in [-0.05, 0) is 42.0 Å². The number of sulfonamides is 1. The van der Waals surface area contributed by atoms with E-state index in [1.165, 1.54) is 6.21 Å². The summed E-state index contributed by atoms with van der Waals surface area (Å²) in [5, 5.41) is 4.57. The van der Waals surface area contributed by atoms with Crippen molar-refractivity contribution in [2.24, 2.45) is 5.10 Å². The molecule has 0 spiro atoms. The molecule has 0 saturated carbocycles. The highest BCUT2D eigenvalue weighted by Gasteiger charge is 2.20. The molecule has 0 aliphatic heterocycles. The molecule has 2 aromatic carbocycles. The zero-order chi connectivity index (χ0) is 19.3. The molecule has 0 aromatic heterocycles. The van der Waals surface area contributed by atoms with E-state index in [9.17, 15) is 13.2 Å². The Balaban J connectivity index is 2.06. The second kappa shape index (κ2) is 8.85. The zero-order valence-electron chi connectivity index (χ0n) is 13.5. The lowest BCUT2D eigenvalue weighted by Gasteiger charge is -2.21. The van der Waals surface area contributed by atoms with Gasteiger partial charge in [-0.1, -0.05) is 45.2 Å². The van der Waals surface area contributed by atoms with Crippen molar-refractivity contribution >= 4 is 67.0 Å². The summed E-state index contributed by atoms with van der Waals surface area (Å²) in [5.74, 6) is -0.588. The van der Waals surface area contributed by atoms with Gasteiger partial charge in [0.25, 0.3) is 5.91 Å². The van der Waals surface area contributed by atoms with Crippen LogP contribution >= 0.6 is 39.1 Å². The Morgan fingerprint density at radius 3 is 2.42 bits per heavy atom. The maximum atomic E-state index is 12.1. The smallest absolute Gasteiger partial charge is 0.260 e. The van der Waals surface area contributed by atoms with Crippen LogP contribution in [0.3, 0.4) is 0 Å². The van der Waals surface area contributed by atoms with E-state index in [1.54, 1.807) is 42.5 Å². The van der Waals surface area contributed by atoms with Gasteiger partial charge in [0.2, 0.25) is 10.0 Å². The summed E-state index contributed by atoms with van der Waals surface area (Å²) in [6.07, 6.45) is 2.41.